The summed E-state index contributed by atoms with van der Waals surface area (Å²) in [5.74, 6) is 0.223. The Hall–Kier alpha value is -2.70. The zero-order valence-electron chi connectivity index (χ0n) is 17.3. The third-order valence-electron chi connectivity index (χ3n) is 5.82. The topological polar surface area (TPSA) is 51.0 Å². The van der Waals surface area contributed by atoms with Crippen LogP contribution in [0.1, 0.15) is 45.4 Å². The zero-order valence-corrected chi connectivity index (χ0v) is 18.9. The molecule has 5 nitrogen and oxygen atoms in total. The lowest BCUT2D eigenvalue weighted by Gasteiger charge is -2.31. The number of thiazole rings is 1. The molecule has 0 spiro atoms. The number of aromatic nitrogens is 3. The van der Waals surface area contributed by atoms with Crippen molar-refractivity contribution in [2.24, 2.45) is 0 Å². The summed E-state index contributed by atoms with van der Waals surface area (Å²) in [6.45, 7) is 3.80. The number of amides is 1. The Labute approximate surface area is 190 Å². The minimum absolute atomic E-state index is 0.0346. The van der Waals surface area contributed by atoms with E-state index in [1.807, 2.05) is 60.4 Å². The van der Waals surface area contributed by atoms with Crippen LogP contribution in [-0.4, -0.2) is 38.7 Å². The Kier molecular flexibility index (Phi) is 5.50. The Morgan fingerprint density at radius 3 is 2.74 bits per heavy atom. The molecule has 0 radical (unpaired) electrons. The highest BCUT2D eigenvalue weighted by atomic mass is 35.5. The molecular formula is C24H23ClN4OS. The van der Waals surface area contributed by atoms with Gasteiger partial charge in [0.2, 0.25) is 0 Å². The fourth-order valence-electron chi connectivity index (χ4n) is 4.24. The Balaban J connectivity index is 1.37. The Morgan fingerprint density at radius 2 is 1.94 bits per heavy atom. The summed E-state index contributed by atoms with van der Waals surface area (Å²) in [5, 5.41) is 6.08. The van der Waals surface area contributed by atoms with Crippen LogP contribution in [0.15, 0.2) is 54.6 Å². The highest BCUT2D eigenvalue weighted by Gasteiger charge is 2.31. The van der Waals surface area contributed by atoms with Crippen molar-refractivity contribution in [3.63, 3.8) is 0 Å². The molecule has 7 heteroatoms. The SMILES string of the molecule is Cc1nn(Cc2ccccc2)c(Cl)c1C(=O)N1CCC[C@@H](c2nc3ccccc3s2)C1. The number of aryl methyl sites for hydroxylation is 1. The number of piperidine rings is 1. The van der Waals surface area contributed by atoms with Crippen LogP contribution in [-0.2, 0) is 6.54 Å². The number of rotatable bonds is 4. The number of para-hydroxylation sites is 1. The van der Waals surface area contributed by atoms with Crippen molar-refractivity contribution in [2.45, 2.75) is 32.2 Å². The van der Waals surface area contributed by atoms with Gasteiger partial charge >= 0.3 is 0 Å². The summed E-state index contributed by atoms with van der Waals surface area (Å²) in [4.78, 5) is 20.2. The Morgan fingerprint density at radius 1 is 1.16 bits per heavy atom. The van der Waals surface area contributed by atoms with Crippen LogP contribution in [0.4, 0.5) is 0 Å². The summed E-state index contributed by atoms with van der Waals surface area (Å²) < 4.78 is 2.91. The summed E-state index contributed by atoms with van der Waals surface area (Å²) in [7, 11) is 0. The van der Waals surface area contributed by atoms with E-state index in [1.54, 1.807) is 16.0 Å². The van der Waals surface area contributed by atoms with Gasteiger partial charge in [-0.05, 0) is 37.5 Å². The van der Waals surface area contributed by atoms with Crippen molar-refractivity contribution in [3.05, 3.63) is 81.6 Å². The van der Waals surface area contributed by atoms with Gasteiger partial charge in [0, 0.05) is 19.0 Å². The van der Waals surface area contributed by atoms with Crippen LogP contribution in [0, 0.1) is 6.92 Å². The first kappa shape index (κ1) is 20.2. The van der Waals surface area contributed by atoms with Gasteiger partial charge in [0.15, 0.2) is 0 Å². The average Bonchev–Trinajstić information content (AvgIpc) is 3.35. The third kappa shape index (κ3) is 3.98. The molecular weight excluding hydrogens is 428 g/mol. The number of carbonyl (C=O) groups excluding carboxylic acids is 1. The fourth-order valence-corrected chi connectivity index (χ4v) is 5.65. The molecule has 0 unspecified atom stereocenters. The molecule has 5 rings (SSSR count). The number of benzene rings is 2. The van der Waals surface area contributed by atoms with Gasteiger partial charge in [-0.2, -0.15) is 5.10 Å². The van der Waals surface area contributed by atoms with E-state index < -0.39 is 0 Å². The second kappa shape index (κ2) is 8.44. The monoisotopic (exact) mass is 450 g/mol. The second-order valence-corrected chi connectivity index (χ2v) is 9.42. The molecule has 1 saturated heterocycles. The van der Waals surface area contributed by atoms with Crippen molar-refractivity contribution in [1.82, 2.24) is 19.7 Å². The molecule has 1 aliphatic rings. The molecule has 3 heterocycles. The summed E-state index contributed by atoms with van der Waals surface area (Å²) in [5.41, 5.74) is 3.32. The van der Waals surface area contributed by atoms with Gasteiger partial charge in [0.05, 0.1) is 33.0 Å². The minimum atomic E-state index is -0.0346. The van der Waals surface area contributed by atoms with E-state index in [9.17, 15) is 4.79 Å². The lowest BCUT2D eigenvalue weighted by molar-refractivity contribution is 0.0706. The molecule has 158 valence electrons. The highest BCUT2D eigenvalue weighted by Crippen LogP contribution is 2.34. The average molecular weight is 451 g/mol. The number of fused-ring (bicyclic) bond motifs is 1. The maximum atomic E-state index is 13.4. The van der Waals surface area contributed by atoms with Crippen molar-refractivity contribution in [1.29, 1.82) is 0 Å². The molecule has 0 N–H and O–H groups in total. The van der Waals surface area contributed by atoms with Crippen LogP contribution >= 0.6 is 22.9 Å². The van der Waals surface area contributed by atoms with Crippen molar-refractivity contribution < 1.29 is 4.79 Å². The number of hydrogen-bond donors (Lipinski definition) is 0. The number of carbonyl (C=O) groups is 1. The number of hydrogen-bond acceptors (Lipinski definition) is 4. The van der Waals surface area contributed by atoms with E-state index in [0.29, 0.717) is 29.5 Å². The van der Waals surface area contributed by atoms with E-state index in [0.717, 1.165) is 35.5 Å². The van der Waals surface area contributed by atoms with Crippen molar-refractivity contribution in [3.8, 4) is 0 Å². The quantitative estimate of drug-likeness (QED) is 0.411. The van der Waals surface area contributed by atoms with Gasteiger partial charge in [-0.25, -0.2) is 9.67 Å². The molecule has 1 fully saturated rings. The van der Waals surface area contributed by atoms with Crippen LogP contribution in [0.25, 0.3) is 10.2 Å². The van der Waals surface area contributed by atoms with Gasteiger partial charge < -0.3 is 4.90 Å². The van der Waals surface area contributed by atoms with Crippen LogP contribution in [0.3, 0.4) is 0 Å². The molecule has 2 aromatic heterocycles. The summed E-state index contributed by atoms with van der Waals surface area (Å²) in [6.07, 6.45) is 2.00. The predicted octanol–water partition coefficient (Wildman–Crippen LogP) is 5.52. The Bertz CT molecular complexity index is 1200. The smallest absolute Gasteiger partial charge is 0.258 e. The lowest BCUT2D eigenvalue weighted by atomic mass is 9.98. The third-order valence-corrected chi connectivity index (χ3v) is 7.41. The molecule has 31 heavy (non-hydrogen) atoms. The second-order valence-electron chi connectivity index (χ2n) is 8.00. The molecule has 1 aliphatic heterocycles. The molecule has 2 aromatic carbocycles. The molecule has 1 atom stereocenters. The largest absolute Gasteiger partial charge is 0.338 e. The molecule has 0 bridgehead atoms. The van der Waals surface area contributed by atoms with E-state index in [2.05, 4.69) is 11.2 Å². The van der Waals surface area contributed by atoms with Crippen molar-refractivity contribution >= 4 is 39.1 Å². The van der Waals surface area contributed by atoms with Gasteiger partial charge in [0.1, 0.15) is 5.15 Å². The summed E-state index contributed by atoms with van der Waals surface area (Å²) in [6, 6.07) is 18.2. The fraction of sp³-hybridized carbons (Fsp3) is 0.292. The van der Waals surface area contributed by atoms with Gasteiger partial charge in [-0.15, -0.1) is 11.3 Å². The normalized spacial score (nSPS) is 16.7. The predicted molar refractivity (Wildman–Crippen MR) is 125 cm³/mol. The maximum absolute atomic E-state index is 13.4. The highest BCUT2D eigenvalue weighted by molar-refractivity contribution is 7.18. The first-order chi connectivity index (χ1) is 15.1. The van der Waals surface area contributed by atoms with Crippen LogP contribution in [0.2, 0.25) is 5.15 Å². The van der Waals surface area contributed by atoms with E-state index in [-0.39, 0.29) is 11.8 Å². The van der Waals surface area contributed by atoms with E-state index in [4.69, 9.17) is 16.6 Å². The first-order valence-electron chi connectivity index (χ1n) is 10.5. The maximum Gasteiger partial charge on any atom is 0.258 e. The van der Waals surface area contributed by atoms with Gasteiger partial charge in [0.25, 0.3) is 5.91 Å². The number of likely N-dealkylation sites (tertiary alicyclic amines) is 1. The number of nitrogens with zero attached hydrogens (tertiary/aromatic N) is 4. The summed E-state index contributed by atoms with van der Waals surface area (Å²) >= 11 is 8.38. The van der Waals surface area contributed by atoms with Crippen molar-refractivity contribution in [2.75, 3.05) is 13.1 Å². The van der Waals surface area contributed by atoms with Gasteiger partial charge in [-0.3, -0.25) is 4.79 Å². The molecule has 0 aliphatic carbocycles. The molecule has 4 aromatic rings. The van der Waals surface area contributed by atoms with Gasteiger partial charge in [-0.1, -0.05) is 54.1 Å². The van der Waals surface area contributed by atoms with Crippen LogP contribution < -0.4 is 0 Å². The number of halogens is 1. The first-order valence-corrected chi connectivity index (χ1v) is 11.7. The molecule has 1 amide bonds. The zero-order chi connectivity index (χ0) is 21.4. The van der Waals surface area contributed by atoms with E-state index in [1.165, 1.54) is 4.70 Å². The van der Waals surface area contributed by atoms with E-state index >= 15 is 0 Å². The molecule has 0 saturated carbocycles. The minimum Gasteiger partial charge on any atom is -0.338 e. The van der Waals surface area contributed by atoms with Crippen LogP contribution in [0.5, 0.6) is 0 Å². The standard InChI is InChI=1S/C24H23ClN4OS/c1-16-21(22(25)29(27-16)14-17-8-3-2-4-9-17)24(30)28-13-7-10-18(15-28)23-26-19-11-5-6-12-20(19)31-23/h2-6,8-9,11-12,18H,7,10,13-15H2,1H3/t18-/m1/s1. The lowest BCUT2D eigenvalue weighted by Crippen LogP contribution is -2.39.